The highest BCUT2D eigenvalue weighted by Crippen LogP contribution is 2.40. The Labute approximate surface area is 214 Å². The molecule has 3 aromatic heterocycles. The predicted octanol–water partition coefficient (Wildman–Crippen LogP) is 4.98. The number of rotatable bonds is 4. The average Bonchev–Trinajstić information content (AvgIpc) is 3.33. The lowest BCUT2D eigenvalue weighted by Crippen LogP contribution is -2.31. The Balaban J connectivity index is 1.88. The maximum absolute atomic E-state index is 12.4. The molecule has 5 aromatic rings. The molecule has 1 unspecified atom stereocenters. The number of aryl methyl sites for hydroxylation is 4. The largest absolute Gasteiger partial charge is 0.374 e. The van der Waals surface area contributed by atoms with Gasteiger partial charge in [-0.25, -0.2) is 9.97 Å². The van der Waals surface area contributed by atoms with Gasteiger partial charge in [0.15, 0.2) is 5.60 Å². The lowest BCUT2D eigenvalue weighted by Gasteiger charge is -2.30. The van der Waals surface area contributed by atoms with E-state index in [1.807, 2.05) is 70.3 Å². The molecule has 5 rings (SSSR count). The van der Waals surface area contributed by atoms with E-state index in [9.17, 15) is 15.6 Å². The Morgan fingerprint density at radius 3 is 2.38 bits per heavy atom. The van der Waals surface area contributed by atoms with Crippen molar-refractivity contribution in [2.75, 3.05) is 0 Å². The number of pyridine rings is 2. The minimum Gasteiger partial charge on any atom is -0.374 e. The Morgan fingerprint density at radius 2 is 1.76 bits per heavy atom. The summed E-state index contributed by atoms with van der Waals surface area (Å²) in [7, 11) is 1.82. The monoisotopic (exact) mass is 484 g/mol. The van der Waals surface area contributed by atoms with Crippen LogP contribution in [0.4, 0.5) is 0 Å². The van der Waals surface area contributed by atoms with E-state index in [0.29, 0.717) is 38.9 Å². The number of hydrogen-bond acceptors (Lipinski definition) is 6. The van der Waals surface area contributed by atoms with E-state index in [4.69, 9.17) is 0 Å². The second kappa shape index (κ2) is 8.98. The molecule has 0 spiro atoms. The number of aliphatic hydroxyl groups is 1. The van der Waals surface area contributed by atoms with Crippen LogP contribution in [0.15, 0.2) is 67.3 Å². The predicted molar refractivity (Wildman–Crippen MR) is 140 cm³/mol. The van der Waals surface area contributed by atoms with Gasteiger partial charge in [0.05, 0.1) is 29.3 Å². The van der Waals surface area contributed by atoms with Gasteiger partial charge in [-0.1, -0.05) is 42.0 Å². The molecular formula is C30H24N6O. The van der Waals surface area contributed by atoms with Crippen LogP contribution in [-0.4, -0.2) is 24.6 Å². The number of imidazole rings is 1. The number of nitriles is 2. The molecule has 0 amide bonds. The maximum atomic E-state index is 12.4. The van der Waals surface area contributed by atoms with Crippen LogP contribution in [0.1, 0.15) is 44.9 Å². The highest BCUT2D eigenvalue weighted by atomic mass is 16.3. The van der Waals surface area contributed by atoms with Gasteiger partial charge < -0.3 is 9.67 Å². The van der Waals surface area contributed by atoms with Crippen LogP contribution in [0.25, 0.3) is 22.0 Å². The molecule has 0 aliphatic carbocycles. The first-order valence-electron chi connectivity index (χ1n) is 11.8. The van der Waals surface area contributed by atoms with Crippen molar-refractivity contribution in [2.45, 2.75) is 26.4 Å². The van der Waals surface area contributed by atoms with E-state index in [1.165, 1.54) is 0 Å². The van der Waals surface area contributed by atoms with Crippen LogP contribution in [0.5, 0.6) is 0 Å². The Morgan fingerprint density at radius 1 is 0.946 bits per heavy atom. The van der Waals surface area contributed by atoms with Crippen molar-refractivity contribution in [1.29, 1.82) is 10.5 Å². The fourth-order valence-corrected chi connectivity index (χ4v) is 4.88. The minimum atomic E-state index is -1.60. The molecule has 7 nitrogen and oxygen atoms in total. The smallest absolute Gasteiger partial charge is 0.158 e. The zero-order valence-corrected chi connectivity index (χ0v) is 21.0. The molecule has 180 valence electrons. The topological polar surface area (TPSA) is 111 Å². The minimum absolute atomic E-state index is 0.190. The lowest BCUT2D eigenvalue weighted by molar-refractivity contribution is 0.117. The summed E-state index contributed by atoms with van der Waals surface area (Å²) < 4.78 is 1.76. The van der Waals surface area contributed by atoms with Gasteiger partial charge >= 0.3 is 0 Å². The molecule has 0 radical (unpaired) electrons. The highest BCUT2D eigenvalue weighted by Gasteiger charge is 2.38. The third-order valence-corrected chi connectivity index (χ3v) is 6.74. The summed E-state index contributed by atoms with van der Waals surface area (Å²) in [5.74, 6) is 0. The van der Waals surface area contributed by atoms with Crippen LogP contribution in [0, 0.1) is 43.4 Å². The molecule has 2 aromatic carbocycles. The number of aromatic nitrogens is 4. The molecule has 0 bridgehead atoms. The summed E-state index contributed by atoms with van der Waals surface area (Å²) in [6.07, 6.45) is 4.91. The van der Waals surface area contributed by atoms with E-state index >= 15 is 0 Å². The van der Waals surface area contributed by atoms with Crippen molar-refractivity contribution >= 4 is 10.9 Å². The second-order valence-corrected chi connectivity index (χ2v) is 9.28. The van der Waals surface area contributed by atoms with Gasteiger partial charge in [-0.3, -0.25) is 4.98 Å². The normalized spacial score (nSPS) is 12.6. The zero-order chi connectivity index (χ0) is 26.3. The first-order chi connectivity index (χ1) is 17.8. The van der Waals surface area contributed by atoms with E-state index in [2.05, 4.69) is 27.1 Å². The van der Waals surface area contributed by atoms with E-state index in [0.717, 1.165) is 22.4 Å². The zero-order valence-electron chi connectivity index (χ0n) is 21.0. The summed E-state index contributed by atoms with van der Waals surface area (Å²) in [6, 6.07) is 19.5. The molecule has 3 heterocycles. The maximum Gasteiger partial charge on any atom is 0.158 e. The summed E-state index contributed by atoms with van der Waals surface area (Å²) >= 11 is 0. The third-order valence-electron chi connectivity index (χ3n) is 6.74. The first kappa shape index (κ1) is 23.9. The van der Waals surface area contributed by atoms with Gasteiger partial charge in [-0.05, 0) is 49.6 Å². The summed E-state index contributed by atoms with van der Waals surface area (Å²) in [5.41, 5.74) is 4.94. The van der Waals surface area contributed by atoms with Gasteiger partial charge in [-0.15, -0.1) is 0 Å². The third kappa shape index (κ3) is 3.83. The van der Waals surface area contributed by atoms with Crippen LogP contribution in [0.3, 0.4) is 0 Å². The Kier molecular flexibility index (Phi) is 5.79. The Bertz CT molecular complexity index is 1750. The number of benzene rings is 2. The molecule has 7 heteroatoms. The van der Waals surface area contributed by atoms with Crippen LogP contribution in [0.2, 0.25) is 0 Å². The molecule has 0 saturated carbocycles. The fourth-order valence-electron chi connectivity index (χ4n) is 4.88. The van der Waals surface area contributed by atoms with Gasteiger partial charge in [0, 0.05) is 35.5 Å². The SMILES string of the molecule is Cc1cccc(-c2c(C#N)nc3c(C)cc(C(O)(c4ccc(C)nc4)c4cncn4C)cc3c2C#N)c1. The fraction of sp³-hybridized carbons (Fsp3) is 0.167. The van der Waals surface area contributed by atoms with Gasteiger partial charge in [0.2, 0.25) is 0 Å². The van der Waals surface area contributed by atoms with Crippen molar-refractivity contribution in [1.82, 2.24) is 19.5 Å². The molecule has 1 N–H and O–H groups in total. The number of nitrogens with zero attached hydrogens (tertiary/aromatic N) is 6. The molecule has 1 atom stereocenters. The van der Waals surface area contributed by atoms with Crippen LogP contribution < -0.4 is 0 Å². The lowest BCUT2D eigenvalue weighted by atomic mass is 9.82. The second-order valence-electron chi connectivity index (χ2n) is 9.28. The van der Waals surface area contributed by atoms with E-state index in [-0.39, 0.29) is 5.69 Å². The molecule has 0 fully saturated rings. The Hall–Kier alpha value is -4.85. The van der Waals surface area contributed by atoms with Crippen molar-refractivity contribution in [3.8, 4) is 23.3 Å². The number of hydrogen-bond donors (Lipinski definition) is 1. The van der Waals surface area contributed by atoms with Gasteiger partial charge in [-0.2, -0.15) is 10.5 Å². The quantitative estimate of drug-likeness (QED) is 0.385. The summed E-state index contributed by atoms with van der Waals surface area (Å²) in [4.78, 5) is 13.3. The van der Waals surface area contributed by atoms with Gasteiger partial charge in [0.25, 0.3) is 0 Å². The molecular weight excluding hydrogens is 460 g/mol. The van der Waals surface area contributed by atoms with E-state index in [1.54, 1.807) is 29.4 Å². The first-order valence-corrected chi connectivity index (χ1v) is 11.8. The molecule has 37 heavy (non-hydrogen) atoms. The standard InChI is InChI=1S/C30H24N6O/c1-18-6-5-7-21(10-18)28-25(13-31)24-12-23(11-19(2)29(24)35-26(28)14-32)30(37,27-16-33-17-36(27)4)22-9-8-20(3)34-15-22/h5-12,15-17,37H,1-4H3. The van der Waals surface area contributed by atoms with Crippen LogP contribution in [-0.2, 0) is 12.6 Å². The van der Waals surface area contributed by atoms with Crippen molar-refractivity contribution in [3.63, 3.8) is 0 Å². The van der Waals surface area contributed by atoms with Crippen molar-refractivity contribution in [2.24, 2.45) is 7.05 Å². The van der Waals surface area contributed by atoms with E-state index < -0.39 is 5.60 Å². The summed E-state index contributed by atoms with van der Waals surface area (Å²) in [6.45, 7) is 5.71. The van der Waals surface area contributed by atoms with Gasteiger partial charge in [0.1, 0.15) is 17.8 Å². The molecule has 0 saturated heterocycles. The average molecular weight is 485 g/mol. The molecule has 0 aliphatic heterocycles. The summed E-state index contributed by atoms with van der Waals surface area (Å²) in [5, 5.41) is 33.3. The highest BCUT2D eigenvalue weighted by molar-refractivity contribution is 5.96. The van der Waals surface area contributed by atoms with Crippen molar-refractivity contribution < 1.29 is 5.11 Å². The van der Waals surface area contributed by atoms with Crippen LogP contribution >= 0.6 is 0 Å². The molecule has 0 aliphatic rings. The van der Waals surface area contributed by atoms with Crippen molar-refractivity contribution in [3.05, 3.63) is 112 Å². The number of fused-ring (bicyclic) bond motifs is 1.